The Hall–Kier alpha value is -2.15. The highest BCUT2D eigenvalue weighted by Crippen LogP contribution is 2.10. The van der Waals surface area contributed by atoms with Crippen LogP contribution in [-0.2, 0) is 6.54 Å². The molecule has 0 atom stereocenters. The molecule has 110 valence electrons. The van der Waals surface area contributed by atoms with Gasteiger partial charge in [0.25, 0.3) is 0 Å². The van der Waals surface area contributed by atoms with Crippen molar-refractivity contribution < 1.29 is 19.1 Å². The van der Waals surface area contributed by atoms with E-state index < -0.39 is 11.8 Å². The van der Waals surface area contributed by atoms with Crippen molar-refractivity contribution in [2.24, 2.45) is 0 Å². The number of nitrogens with one attached hydrogen (secondary N) is 2. The van der Waals surface area contributed by atoms with E-state index in [1.165, 1.54) is 17.0 Å². The monoisotopic (exact) mass is 283 g/mol. The highest BCUT2D eigenvalue weighted by atomic mass is 19.1. The Balaban J connectivity index is 2.40. The van der Waals surface area contributed by atoms with Crippen molar-refractivity contribution in [2.75, 3.05) is 27.2 Å². The van der Waals surface area contributed by atoms with E-state index in [0.29, 0.717) is 13.1 Å². The molecule has 0 aliphatic rings. The predicted octanol–water partition coefficient (Wildman–Crippen LogP) is 0.885. The predicted molar refractivity (Wildman–Crippen MR) is 72.2 cm³/mol. The lowest BCUT2D eigenvalue weighted by Crippen LogP contribution is -2.38. The first kappa shape index (κ1) is 15.9. The molecule has 0 aliphatic carbocycles. The summed E-state index contributed by atoms with van der Waals surface area (Å²) in [5, 5.41) is 14.4. The second-order valence-corrected chi connectivity index (χ2v) is 4.41. The Morgan fingerprint density at radius 1 is 1.30 bits per heavy atom. The number of carboxylic acids is 1. The number of carboxylic acid groups (broad SMARTS) is 1. The fourth-order valence-corrected chi connectivity index (χ4v) is 1.48. The highest BCUT2D eigenvalue weighted by molar-refractivity contribution is 5.87. The number of benzene rings is 1. The van der Waals surface area contributed by atoms with Crippen molar-refractivity contribution in [1.82, 2.24) is 15.5 Å². The number of carbonyl (C=O) groups is 2. The Morgan fingerprint density at radius 3 is 2.60 bits per heavy atom. The number of hydrogen-bond donors (Lipinski definition) is 3. The molecular weight excluding hydrogens is 265 g/mol. The number of urea groups is 1. The fourth-order valence-electron chi connectivity index (χ4n) is 1.48. The molecule has 0 saturated carbocycles. The van der Waals surface area contributed by atoms with Crippen molar-refractivity contribution in [2.45, 2.75) is 6.54 Å². The zero-order valence-corrected chi connectivity index (χ0v) is 11.4. The van der Waals surface area contributed by atoms with Gasteiger partial charge in [0.15, 0.2) is 0 Å². The average molecular weight is 283 g/mol. The maximum atomic E-state index is 13.5. The van der Waals surface area contributed by atoms with Gasteiger partial charge >= 0.3 is 12.0 Å². The number of carbonyl (C=O) groups excluding carboxylic acids is 1. The van der Waals surface area contributed by atoms with Crippen molar-refractivity contribution in [1.29, 1.82) is 0 Å². The van der Waals surface area contributed by atoms with E-state index in [-0.39, 0.29) is 23.7 Å². The summed E-state index contributed by atoms with van der Waals surface area (Å²) in [6.07, 6.45) is 0. The number of halogens is 1. The SMILES string of the molecule is CN(C)C(=O)NCCNCc1cc(C(=O)O)ccc1F. The molecule has 0 unspecified atom stereocenters. The quantitative estimate of drug-likeness (QED) is 0.677. The van der Waals surface area contributed by atoms with Crippen LogP contribution in [0.3, 0.4) is 0 Å². The van der Waals surface area contributed by atoms with E-state index >= 15 is 0 Å². The number of amides is 2. The molecule has 0 radical (unpaired) electrons. The third kappa shape index (κ3) is 4.85. The molecule has 1 aromatic rings. The van der Waals surface area contributed by atoms with Crippen LogP contribution in [0.5, 0.6) is 0 Å². The maximum Gasteiger partial charge on any atom is 0.335 e. The molecule has 3 N–H and O–H groups in total. The molecule has 0 heterocycles. The molecule has 7 heteroatoms. The van der Waals surface area contributed by atoms with Gasteiger partial charge in [-0.25, -0.2) is 14.0 Å². The Bertz CT molecular complexity index is 492. The van der Waals surface area contributed by atoms with Gasteiger partial charge in [0.05, 0.1) is 5.56 Å². The second-order valence-electron chi connectivity index (χ2n) is 4.41. The maximum absolute atomic E-state index is 13.5. The molecule has 1 rings (SSSR count). The molecule has 2 amide bonds. The first-order valence-corrected chi connectivity index (χ1v) is 6.09. The number of aromatic carboxylic acids is 1. The van der Waals surface area contributed by atoms with E-state index in [1.54, 1.807) is 14.1 Å². The number of hydrogen-bond acceptors (Lipinski definition) is 3. The highest BCUT2D eigenvalue weighted by Gasteiger charge is 2.08. The van der Waals surface area contributed by atoms with Gasteiger partial charge in [-0.2, -0.15) is 0 Å². The lowest BCUT2D eigenvalue weighted by Gasteiger charge is -2.12. The number of rotatable bonds is 6. The van der Waals surface area contributed by atoms with Crippen molar-refractivity contribution >= 4 is 12.0 Å². The van der Waals surface area contributed by atoms with Crippen LogP contribution in [-0.4, -0.2) is 49.2 Å². The summed E-state index contributed by atoms with van der Waals surface area (Å²) in [6, 6.07) is 3.45. The minimum atomic E-state index is -1.09. The van der Waals surface area contributed by atoms with Crippen molar-refractivity contribution in [3.63, 3.8) is 0 Å². The summed E-state index contributed by atoms with van der Waals surface area (Å²) in [5.41, 5.74) is 0.327. The van der Waals surface area contributed by atoms with Crippen LogP contribution in [0.1, 0.15) is 15.9 Å². The van der Waals surface area contributed by atoms with E-state index in [4.69, 9.17) is 5.11 Å². The summed E-state index contributed by atoms with van der Waals surface area (Å²) in [5.74, 6) is -1.55. The Morgan fingerprint density at radius 2 is 2.00 bits per heavy atom. The van der Waals surface area contributed by atoms with Gasteiger partial charge in [0, 0.05) is 39.3 Å². The molecule has 0 bridgehead atoms. The molecule has 20 heavy (non-hydrogen) atoms. The van der Waals surface area contributed by atoms with Crippen molar-refractivity contribution in [3.05, 3.63) is 35.1 Å². The van der Waals surface area contributed by atoms with E-state index in [0.717, 1.165) is 6.07 Å². The fraction of sp³-hybridized carbons (Fsp3) is 0.385. The summed E-state index contributed by atoms with van der Waals surface area (Å²) in [4.78, 5) is 23.4. The summed E-state index contributed by atoms with van der Waals surface area (Å²) in [7, 11) is 3.27. The molecule has 1 aromatic carbocycles. The molecule has 0 aromatic heterocycles. The number of nitrogens with zero attached hydrogens (tertiary/aromatic N) is 1. The minimum Gasteiger partial charge on any atom is -0.478 e. The van der Waals surface area contributed by atoms with Gasteiger partial charge in [-0.3, -0.25) is 0 Å². The van der Waals surface area contributed by atoms with Gasteiger partial charge in [-0.1, -0.05) is 0 Å². The van der Waals surface area contributed by atoms with Crippen LogP contribution in [0, 0.1) is 5.82 Å². The van der Waals surface area contributed by atoms with Gasteiger partial charge in [-0.15, -0.1) is 0 Å². The van der Waals surface area contributed by atoms with Crippen LogP contribution >= 0.6 is 0 Å². The van der Waals surface area contributed by atoms with Crippen LogP contribution in [0.4, 0.5) is 9.18 Å². The Labute approximate surface area is 116 Å². The minimum absolute atomic E-state index is 0.0455. The van der Waals surface area contributed by atoms with Crippen LogP contribution in [0.25, 0.3) is 0 Å². The van der Waals surface area contributed by atoms with Gasteiger partial charge in [0.2, 0.25) is 0 Å². The smallest absolute Gasteiger partial charge is 0.335 e. The zero-order chi connectivity index (χ0) is 15.1. The molecule has 0 aliphatic heterocycles. The molecule has 0 fully saturated rings. The van der Waals surface area contributed by atoms with Gasteiger partial charge < -0.3 is 20.6 Å². The van der Waals surface area contributed by atoms with E-state index in [2.05, 4.69) is 10.6 Å². The standard InChI is InChI=1S/C13H18FN3O3/c1-17(2)13(20)16-6-5-15-8-10-7-9(12(18)19)3-4-11(10)14/h3-4,7,15H,5-6,8H2,1-2H3,(H,16,20)(H,18,19). The van der Waals surface area contributed by atoms with E-state index in [9.17, 15) is 14.0 Å². The Kier molecular flexibility index (Phi) is 5.92. The first-order chi connectivity index (χ1) is 9.41. The summed E-state index contributed by atoms with van der Waals surface area (Å²) >= 11 is 0. The van der Waals surface area contributed by atoms with Gasteiger partial charge in [0.1, 0.15) is 5.82 Å². The molecule has 6 nitrogen and oxygen atoms in total. The first-order valence-electron chi connectivity index (χ1n) is 6.09. The third-order valence-corrected chi connectivity index (χ3v) is 2.59. The summed E-state index contributed by atoms with van der Waals surface area (Å²) < 4.78 is 13.5. The second kappa shape index (κ2) is 7.44. The average Bonchev–Trinajstić information content (AvgIpc) is 2.39. The largest absolute Gasteiger partial charge is 0.478 e. The summed E-state index contributed by atoms with van der Waals surface area (Å²) in [6.45, 7) is 1.05. The molecule has 0 saturated heterocycles. The molecular formula is C13H18FN3O3. The topological polar surface area (TPSA) is 81.7 Å². The van der Waals surface area contributed by atoms with Crippen LogP contribution < -0.4 is 10.6 Å². The normalized spacial score (nSPS) is 10.2. The lowest BCUT2D eigenvalue weighted by atomic mass is 10.1. The van der Waals surface area contributed by atoms with Crippen LogP contribution in [0.15, 0.2) is 18.2 Å². The van der Waals surface area contributed by atoms with E-state index in [1.807, 2.05) is 0 Å². The zero-order valence-electron chi connectivity index (χ0n) is 11.4. The third-order valence-electron chi connectivity index (χ3n) is 2.59. The van der Waals surface area contributed by atoms with Crippen molar-refractivity contribution in [3.8, 4) is 0 Å². The van der Waals surface area contributed by atoms with Gasteiger partial charge in [-0.05, 0) is 18.2 Å². The lowest BCUT2D eigenvalue weighted by molar-refractivity contribution is 0.0696. The molecule has 0 spiro atoms. The van der Waals surface area contributed by atoms with Crippen LogP contribution in [0.2, 0.25) is 0 Å².